The molecule has 1 fully saturated rings. The number of carbonyl (C=O) groups is 1. The highest BCUT2D eigenvalue weighted by Crippen LogP contribution is 2.30. The number of hydrogen-bond acceptors (Lipinski definition) is 5. The van der Waals surface area contributed by atoms with Crippen LogP contribution < -0.4 is 4.90 Å². The predicted octanol–water partition coefficient (Wildman–Crippen LogP) is 2.63. The molecule has 0 N–H and O–H groups in total. The number of anilines is 1. The van der Waals surface area contributed by atoms with Crippen LogP contribution in [-0.4, -0.2) is 30.6 Å². The zero-order chi connectivity index (χ0) is 13.0. The van der Waals surface area contributed by atoms with E-state index in [1.165, 1.54) is 32.8 Å². The smallest absolute Gasteiger partial charge is 0.311 e. The first kappa shape index (κ1) is 13.3. The highest BCUT2D eigenvalue weighted by molar-refractivity contribution is 7.13. The molecule has 1 aliphatic carbocycles. The minimum Gasteiger partial charge on any atom is -0.469 e. The molecule has 1 aromatic heterocycles. The molecule has 0 amide bonds. The molecular formula is C13H20N2O2S. The minimum atomic E-state index is -0.226. The van der Waals surface area contributed by atoms with Gasteiger partial charge in [-0.3, -0.25) is 4.79 Å². The number of esters is 1. The molecule has 0 unspecified atom stereocenters. The second kappa shape index (κ2) is 6.18. The maximum Gasteiger partial charge on any atom is 0.311 e. The van der Waals surface area contributed by atoms with Gasteiger partial charge in [0.15, 0.2) is 5.13 Å². The Balaban J connectivity index is 2.04. The molecule has 4 nitrogen and oxygen atoms in total. The lowest BCUT2D eigenvalue weighted by atomic mass is 10.2. The summed E-state index contributed by atoms with van der Waals surface area (Å²) >= 11 is 1.63. The Kier molecular flexibility index (Phi) is 4.58. The van der Waals surface area contributed by atoms with Crippen LogP contribution in [0, 0.1) is 0 Å². The van der Waals surface area contributed by atoms with Crippen molar-refractivity contribution >= 4 is 22.4 Å². The molecule has 0 aliphatic heterocycles. The van der Waals surface area contributed by atoms with E-state index in [0.29, 0.717) is 6.04 Å². The number of rotatable bonds is 5. The SMILES string of the molecule is CCN(c1nc(CC(=O)OC)cs1)C1CCCC1. The van der Waals surface area contributed by atoms with Crippen LogP contribution in [0.15, 0.2) is 5.38 Å². The van der Waals surface area contributed by atoms with Gasteiger partial charge < -0.3 is 9.64 Å². The molecule has 0 spiro atoms. The van der Waals surface area contributed by atoms with Crippen LogP contribution in [0.4, 0.5) is 5.13 Å². The fraction of sp³-hybridized carbons (Fsp3) is 0.692. The van der Waals surface area contributed by atoms with Crippen LogP contribution >= 0.6 is 11.3 Å². The van der Waals surface area contributed by atoms with E-state index in [4.69, 9.17) is 0 Å². The van der Waals surface area contributed by atoms with Gasteiger partial charge in [-0.2, -0.15) is 0 Å². The summed E-state index contributed by atoms with van der Waals surface area (Å²) in [5, 5.41) is 3.01. The third-order valence-electron chi connectivity index (χ3n) is 3.44. The van der Waals surface area contributed by atoms with Crippen molar-refractivity contribution in [1.82, 2.24) is 4.98 Å². The topological polar surface area (TPSA) is 42.4 Å². The quantitative estimate of drug-likeness (QED) is 0.770. The van der Waals surface area contributed by atoms with Crippen molar-refractivity contribution in [1.29, 1.82) is 0 Å². The highest BCUT2D eigenvalue weighted by atomic mass is 32.1. The van der Waals surface area contributed by atoms with Gasteiger partial charge in [0.05, 0.1) is 19.2 Å². The van der Waals surface area contributed by atoms with Crippen LogP contribution in [0.2, 0.25) is 0 Å². The summed E-state index contributed by atoms with van der Waals surface area (Å²) in [7, 11) is 1.41. The number of methoxy groups -OCH3 is 1. The Labute approximate surface area is 112 Å². The first-order chi connectivity index (χ1) is 8.74. The van der Waals surface area contributed by atoms with Crippen LogP contribution in [0.5, 0.6) is 0 Å². The van der Waals surface area contributed by atoms with E-state index in [2.05, 4.69) is 21.5 Å². The third-order valence-corrected chi connectivity index (χ3v) is 4.37. The molecule has 0 bridgehead atoms. The monoisotopic (exact) mass is 268 g/mol. The number of aromatic nitrogens is 1. The highest BCUT2D eigenvalue weighted by Gasteiger charge is 2.23. The lowest BCUT2D eigenvalue weighted by Gasteiger charge is -2.26. The Morgan fingerprint density at radius 2 is 2.28 bits per heavy atom. The fourth-order valence-electron chi connectivity index (χ4n) is 2.50. The summed E-state index contributed by atoms with van der Waals surface area (Å²) in [4.78, 5) is 18.1. The van der Waals surface area contributed by atoms with E-state index in [-0.39, 0.29) is 12.4 Å². The van der Waals surface area contributed by atoms with Crippen molar-refractivity contribution in [3.63, 3.8) is 0 Å². The largest absolute Gasteiger partial charge is 0.469 e. The standard InChI is InChI=1S/C13H20N2O2S/c1-3-15(11-6-4-5-7-11)13-14-10(9-18-13)8-12(16)17-2/h9,11H,3-8H2,1-2H3. The van der Waals surface area contributed by atoms with Crippen LogP contribution in [0.3, 0.4) is 0 Å². The van der Waals surface area contributed by atoms with E-state index >= 15 is 0 Å². The van der Waals surface area contributed by atoms with Crippen molar-refractivity contribution in [3.05, 3.63) is 11.1 Å². The van der Waals surface area contributed by atoms with Crippen LogP contribution in [0.1, 0.15) is 38.3 Å². The summed E-state index contributed by atoms with van der Waals surface area (Å²) in [6.07, 6.45) is 5.44. The summed E-state index contributed by atoms with van der Waals surface area (Å²) in [6.45, 7) is 3.15. The Hall–Kier alpha value is -1.10. The maximum absolute atomic E-state index is 11.2. The van der Waals surface area contributed by atoms with Crippen molar-refractivity contribution in [2.24, 2.45) is 0 Å². The van der Waals surface area contributed by atoms with E-state index in [1.54, 1.807) is 11.3 Å². The molecule has 2 rings (SSSR count). The van der Waals surface area contributed by atoms with Crippen molar-refractivity contribution in [3.8, 4) is 0 Å². The third kappa shape index (κ3) is 3.02. The fourth-order valence-corrected chi connectivity index (χ4v) is 3.46. The van der Waals surface area contributed by atoms with E-state index in [1.807, 2.05) is 5.38 Å². The molecule has 100 valence electrons. The average Bonchev–Trinajstić information content (AvgIpc) is 3.02. The Bertz CT molecular complexity index is 399. The second-order valence-corrected chi connectivity index (χ2v) is 5.44. The summed E-state index contributed by atoms with van der Waals surface area (Å²) < 4.78 is 4.66. The lowest BCUT2D eigenvalue weighted by Crippen LogP contribution is -2.32. The van der Waals surface area contributed by atoms with Gasteiger partial charge in [0.1, 0.15) is 0 Å². The maximum atomic E-state index is 11.2. The minimum absolute atomic E-state index is 0.226. The lowest BCUT2D eigenvalue weighted by molar-refractivity contribution is -0.139. The molecule has 5 heteroatoms. The molecular weight excluding hydrogens is 248 g/mol. The predicted molar refractivity (Wildman–Crippen MR) is 73.1 cm³/mol. The number of hydrogen-bond donors (Lipinski definition) is 0. The number of thiazole rings is 1. The number of nitrogens with zero attached hydrogens (tertiary/aromatic N) is 2. The van der Waals surface area contributed by atoms with Gasteiger partial charge in [0.2, 0.25) is 0 Å². The number of ether oxygens (including phenoxy) is 1. The van der Waals surface area contributed by atoms with Gasteiger partial charge in [-0.05, 0) is 19.8 Å². The molecule has 18 heavy (non-hydrogen) atoms. The molecule has 0 aromatic carbocycles. The van der Waals surface area contributed by atoms with Gasteiger partial charge in [-0.15, -0.1) is 11.3 Å². The Morgan fingerprint density at radius 1 is 1.56 bits per heavy atom. The van der Waals surface area contributed by atoms with E-state index in [0.717, 1.165) is 17.4 Å². The van der Waals surface area contributed by atoms with E-state index < -0.39 is 0 Å². The molecule has 0 atom stereocenters. The van der Waals surface area contributed by atoms with Crippen molar-refractivity contribution in [2.45, 2.75) is 45.1 Å². The number of carbonyl (C=O) groups excluding carboxylic acids is 1. The van der Waals surface area contributed by atoms with Crippen LogP contribution in [-0.2, 0) is 16.0 Å². The summed E-state index contributed by atoms with van der Waals surface area (Å²) in [6, 6.07) is 0.632. The Morgan fingerprint density at radius 3 is 2.89 bits per heavy atom. The first-order valence-corrected chi connectivity index (χ1v) is 7.40. The van der Waals surface area contributed by atoms with Gasteiger partial charge >= 0.3 is 5.97 Å². The molecule has 0 radical (unpaired) electrons. The zero-order valence-electron chi connectivity index (χ0n) is 11.0. The first-order valence-electron chi connectivity index (χ1n) is 6.52. The van der Waals surface area contributed by atoms with E-state index in [9.17, 15) is 4.79 Å². The average molecular weight is 268 g/mol. The van der Waals surface area contributed by atoms with Crippen molar-refractivity contribution in [2.75, 3.05) is 18.6 Å². The van der Waals surface area contributed by atoms with Gasteiger partial charge in [0, 0.05) is 18.0 Å². The molecule has 1 heterocycles. The molecule has 1 aromatic rings. The molecule has 0 saturated heterocycles. The van der Waals surface area contributed by atoms with Crippen molar-refractivity contribution < 1.29 is 9.53 Å². The second-order valence-electron chi connectivity index (χ2n) is 4.60. The molecule has 1 saturated carbocycles. The van der Waals surface area contributed by atoms with Gasteiger partial charge in [-0.1, -0.05) is 12.8 Å². The normalized spacial score (nSPS) is 15.9. The molecule has 1 aliphatic rings. The van der Waals surface area contributed by atoms with Crippen LogP contribution in [0.25, 0.3) is 0 Å². The van der Waals surface area contributed by atoms with Gasteiger partial charge in [0.25, 0.3) is 0 Å². The zero-order valence-corrected chi connectivity index (χ0v) is 11.8. The summed E-state index contributed by atoms with van der Waals surface area (Å²) in [5.41, 5.74) is 0.818. The summed E-state index contributed by atoms with van der Waals surface area (Å²) in [5.74, 6) is -0.226. The van der Waals surface area contributed by atoms with Gasteiger partial charge in [-0.25, -0.2) is 4.98 Å².